The number of anilines is 2. The molecule has 0 bridgehead atoms. The molecule has 0 aromatic heterocycles. The number of rotatable bonds is 4. The Bertz CT molecular complexity index is 1140. The molecule has 7 heteroatoms. The van der Waals surface area contributed by atoms with Crippen molar-refractivity contribution in [2.75, 3.05) is 10.6 Å². The summed E-state index contributed by atoms with van der Waals surface area (Å²) in [5.41, 5.74) is 3.79. The van der Waals surface area contributed by atoms with Crippen LogP contribution < -0.4 is 10.6 Å². The molecule has 6 nitrogen and oxygen atoms in total. The highest BCUT2D eigenvalue weighted by molar-refractivity contribution is 7.85. The number of hydrogen-bond acceptors (Lipinski definition) is 3. The second kappa shape index (κ2) is 7.84. The summed E-state index contributed by atoms with van der Waals surface area (Å²) in [6, 6.07) is 18.7. The number of carbonyl (C=O) groups is 1. The normalized spacial score (nSPS) is 11.1. The number of benzene rings is 3. The Balaban J connectivity index is 1.95. The lowest BCUT2D eigenvalue weighted by Crippen LogP contribution is -2.20. The van der Waals surface area contributed by atoms with Crippen LogP contribution in [-0.4, -0.2) is 19.0 Å². The zero-order valence-electron chi connectivity index (χ0n) is 15.4. The Labute approximate surface area is 164 Å². The highest BCUT2D eigenvalue weighted by Gasteiger charge is 2.18. The van der Waals surface area contributed by atoms with Crippen LogP contribution in [0.3, 0.4) is 0 Å². The van der Waals surface area contributed by atoms with Gasteiger partial charge in [-0.25, -0.2) is 4.79 Å². The van der Waals surface area contributed by atoms with Crippen molar-refractivity contribution in [2.45, 2.75) is 18.7 Å². The number of carbonyl (C=O) groups excluding carboxylic acids is 1. The summed E-state index contributed by atoms with van der Waals surface area (Å²) >= 11 is 0. The van der Waals surface area contributed by atoms with Crippen molar-refractivity contribution in [1.29, 1.82) is 0 Å². The standard InChI is InChI=1S/C21H20N2O4S/c1-14-8-3-5-11-18(14)22-21(24)23-19-12-6-4-9-17(19)16-10-7-13-20(15(16)2)28(25,26)27/h3-13H,1-2H3,(H2,22,23,24)(H,25,26,27). The van der Waals surface area contributed by atoms with E-state index in [1.165, 1.54) is 6.07 Å². The number of aryl methyl sites for hydroxylation is 1. The highest BCUT2D eigenvalue weighted by atomic mass is 32.2. The van der Waals surface area contributed by atoms with Crippen molar-refractivity contribution in [2.24, 2.45) is 0 Å². The first-order chi connectivity index (χ1) is 13.3. The zero-order valence-corrected chi connectivity index (χ0v) is 16.2. The fourth-order valence-corrected chi connectivity index (χ4v) is 3.75. The molecule has 0 aliphatic heterocycles. The number of para-hydroxylation sites is 2. The van der Waals surface area contributed by atoms with Crippen molar-refractivity contribution >= 4 is 27.5 Å². The fourth-order valence-electron chi connectivity index (χ4n) is 3.00. The molecule has 0 radical (unpaired) electrons. The molecule has 0 aliphatic carbocycles. The molecule has 0 aliphatic rings. The van der Waals surface area contributed by atoms with E-state index in [9.17, 15) is 17.8 Å². The summed E-state index contributed by atoms with van der Waals surface area (Å²) in [5.74, 6) is 0. The van der Waals surface area contributed by atoms with Crippen molar-refractivity contribution < 1.29 is 17.8 Å². The van der Waals surface area contributed by atoms with E-state index in [4.69, 9.17) is 0 Å². The monoisotopic (exact) mass is 396 g/mol. The van der Waals surface area contributed by atoms with Gasteiger partial charge in [0.15, 0.2) is 0 Å². The molecule has 3 aromatic rings. The molecule has 0 unspecified atom stereocenters. The summed E-state index contributed by atoms with van der Waals surface area (Å²) in [5, 5.41) is 5.61. The lowest BCUT2D eigenvalue weighted by atomic mass is 9.99. The number of nitrogens with one attached hydrogen (secondary N) is 2. The third-order valence-corrected chi connectivity index (χ3v) is 5.42. The molecule has 0 atom stereocenters. The van der Waals surface area contributed by atoms with Crippen molar-refractivity contribution in [3.05, 3.63) is 77.9 Å². The molecule has 0 saturated carbocycles. The molecule has 0 fully saturated rings. The molecule has 28 heavy (non-hydrogen) atoms. The maximum Gasteiger partial charge on any atom is 0.323 e. The van der Waals surface area contributed by atoms with Gasteiger partial charge in [-0.05, 0) is 48.7 Å². The molecule has 144 valence electrons. The fraction of sp³-hybridized carbons (Fsp3) is 0.0952. The van der Waals surface area contributed by atoms with Gasteiger partial charge in [-0.3, -0.25) is 4.55 Å². The van der Waals surface area contributed by atoms with E-state index in [-0.39, 0.29) is 4.90 Å². The zero-order chi connectivity index (χ0) is 20.3. The summed E-state index contributed by atoms with van der Waals surface area (Å²) < 4.78 is 32.7. The summed E-state index contributed by atoms with van der Waals surface area (Å²) in [6.45, 7) is 3.51. The van der Waals surface area contributed by atoms with Crippen LogP contribution in [0.5, 0.6) is 0 Å². The van der Waals surface area contributed by atoms with Gasteiger partial charge in [0.05, 0.1) is 10.6 Å². The SMILES string of the molecule is Cc1ccccc1NC(=O)Nc1ccccc1-c1cccc(S(=O)(=O)O)c1C. The molecule has 3 aromatic carbocycles. The lowest BCUT2D eigenvalue weighted by Gasteiger charge is -2.15. The quantitative estimate of drug-likeness (QED) is 0.549. The minimum Gasteiger partial charge on any atom is -0.307 e. The first kappa shape index (κ1) is 19.6. The van der Waals surface area contributed by atoms with Gasteiger partial charge < -0.3 is 10.6 Å². The smallest absolute Gasteiger partial charge is 0.307 e. The number of amides is 2. The molecule has 0 saturated heterocycles. The largest absolute Gasteiger partial charge is 0.323 e. The second-order valence-corrected chi connectivity index (χ2v) is 7.73. The predicted molar refractivity (Wildman–Crippen MR) is 110 cm³/mol. The van der Waals surface area contributed by atoms with Gasteiger partial charge in [-0.15, -0.1) is 0 Å². The van der Waals surface area contributed by atoms with E-state index in [2.05, 4.69) is 10.6 Å². The average Bonchev–Trinajstić information content (AvgIpc) is 2.63. The Morgan fingerprint density at radius 1 is 0.786 bits per heavy atom. The van der Waals surface area contributed by atoms with Gasteiger partial charge in [0, 0.05) is 11.3 Å². The number of urea groups is 1. The predicted octanol–water partition coefficient (Wildman–Crippen LogP) is 4.86. The van der Waals surface area contributed by atoms with Crippen LogP contribution in [0.1, 0.15) is 11.1 Å². The Kier molecular flexibility index (Phi) is 5.48. The van der Waals surface area contributed by atoms with Crippen molar-refractivity contribution in [3.8, 4) is 11.1 Å². The molecule has 3 N–H and O–H groups in total. The van der Waals surface area contributed by atoms with Crippen LogP contribution in [0.25, 0.3) is 11.1 Å². The number of hydrogen-bond donors (Lipinski definition) is 3. The molecular weight excluding hydrogens is 376 g/mol. The van der Waals surface area contributed by atoms with E-state index in [1.807, 2.05) is 25.1 Å². The van der Waals surface area contributed by atoms with Gasteiger partial charge in [0.2, 0.25) is 0 Å². The van der Waals surface area contributed by atoms with Crippen molar-refractivity contribution in [3.63, 3.8) is 0 Å². The maximum atomic E-state index is 12.5. The molecule has 0 heterocycles. The van der Waals surface area contributed by atoms with Crippen LogP contribution in [0.4, 0.5) is 16.2 Å². The molecule has 0 spiro atoms. The van der Waals surface area contributed by atoms with Crippen LogP contribution in [-0.2, 0) is 10.1 Å². The van der Waals surface area contributed by atoms with Gasteiger partial charge in [-0.1, -0.05) is 48.5 Å². The third kappa shape index (κ3) is 4.21. The summed E-state index contributed by atoms with van der Waals surface area (Å²) in [6.07, 6.45) is 0. The minimum atomic E-state index is -4.35. The van der Waals surface area contributed by atoms with Gasteiger partial charge in [-0.2, -0.15) is 8.42 Å². The van der Waals surface area contributed by atoms with E-state index in [0.717, 1.165) is 5.56 Å². The topological polar surface area (TPSA) is 95.5 Å². The summed E-state index contributed by atoms with van der Waals surface area (Å²) in [7, 11) is -4.35. The van der Waals surface area contributed by atoms with Gasteiger partial charge >= 0.3 is 6.03 Å². The van der Waals surface area contributed by atoms with Crippen LogP contribution in [0, 0.1) is 13.8 Å². The Morgan fingerprint density at radius 2 is 1.36 bits per heavy atom. The third-order valence-electron chi connectivity index (χ3n) is 4.42. The maximum absolute atomic E-state index is 12.5. The van der Waals surface area contributed by atoms with E-state index in [0.29, 0.717) is 28.1 Å². The minimum absolute atomic E-state index is 0.163. The van der Waals surface area contributed by atoms with Crippen molar-refractivity contribution in [1.82, 2.24) is 0 Å². The first-order valence-electron chi connectivity index (χ1n) is 8.57. The first-order valence-corrected chi connectivity index (χ1v) is 10.0. The lowest BCUT2D eigenvalue weighted by molar-refractivity contribution is 0.262. The highest BCUT2D eigenvalue weighted by Crippen LogP contribution is 2.33. The second-order valence-electron chi connectivity index (χ2n) is 6.34. The average molecular weight is 396 g/mol. The Hall–Kier alpha value is -3.16. The molecule has 2 amide bonds. The van der Waals surface area contributed by atoms with Gasteiger partial charge in [0.1, 0.15) is 0 Å². The van der Waals surface area contributed by atoms with E-state index in [1.54, 1.807) is 49.4 Å². The van der Waals surface area contributed by atoms with E-state index >= 15 is 0 Å². The van der Waals surface area contributed by atoms with Crippen LogP contribution >= 0.6 is 0 Å². The van der Waals surface area contributed by atoms with E-state index < -0.39 is 16.1 Å². The van der Waals surface area contributed by atoms with Crippen LogP contribution in [0.15, 0.2) is 71.6 Å². The summed E-state index contributed by atoms with van der Waals surface area (Å²) in [4.78, 5) is 12.3. The molecular formula is C21H20N2O4S. The Morgan fingerprint density at radius 3 is 2.04 bits per heavy atom. The molecule has 3 rings (SSSR count). The van der Waals surface area contributed by atoms with Gasteiger partial charge in [0.25, 0.3) is 10.1 Å². The van der Waals surface area contributed by atoms with Crippen LogP contribution in [0.2, 0.25) is 0 Å².